The molecule has 0 saturated carbocycles. The average molecular weight is 398 g/mol. The van der Waals surface area contributed by atoms with Crippen LogP contribution in [0.15, 0.2) is 64.9 Å². The first-order chi connectivity index (χ1) is 13.6. The number of thioether (sulfide) groups is 1. The molecule has 3 rings (SSSR count). The number of rotatable bonds is 9. The Labute approximate surface area is 167 Å². The van der Waals surface area contributed by atoms with E-state index in [-0.39, 0.29) is 11.2 Å². The molecule has 2 aromatic heterocycles. The van der Waals surface area contributed by atoms with E-state index in [1.165, 1.54) is 11.8 Å². The van der Waals surface area contributed by atoms with Crippen LogP contribution < -0.4 is 10.1 Å². The Morgan fingerprint density at radius 1 is 1.36 bits per heavy atom. The highest BCUT2D eigenvalue weighted by Crippen LogP contribution is 2.27. The molecule has 28 heavy (non-hydrogen) atoms. The van der Waals surface area contributed by atoms with E-state index in [1.807, 2.05) is 41.8 Å². The molecular weight excluding hydrogens is 376 g/mol. The first kappa shape index (κ1) is 19.8. The van der Waals surface area contributed by atoms with Crippen LogP contribution in [-0.4, -0.2) is 33.0 Å². The minimum absolute atomic E-state index is 0.0939. The van der Waals surface area contributed by atoms with Gasteiger partial charge in [0.2, 0.25) is 11.7 Å². The first-order valence-electron chi connectivity index (χ1n) is 8.78. The Balaban J connectivity index is 1.67. The first-order valence-corrected chi connectivity index (χ1v) is 9.66. The molecule has 146 valence electrons. The third kappa shape index (κ3) is 4.45. The van der Waals surface area contributed by atoms with Gasteiger partial charge in [0.1, 0.15) is 5.75 Å². The van der Waals surface area contributed by atoms with Gasteiger partial charge in [-0.2, -0.15) is 0 Å². The standard InChI is InChI=1S/C20H22N4O3S/c1-4-11-24-18(17-10-7-12-27-17)22-23-20(24)28-14(2)19(25)21-13-15-8-5-6-9-16(15)26-3/h4-10,12,14H,1,11,13H2,2-3H3,(H,21,25). The van der Waals surface area contributed by atoms with Crippen LogP contribution in [-0.2, 0) is 17.9 Å². The maximum atomic E-state index is 12.6. The maximum absolute atomic E-state index is 12.6. The van der Waals surface area contributed by atoms with E-state index < -0.39 is 0 Å². The topological polar surface area (TPSA) is 82.2 Å². The van der Waals surface area contributed by atoms with Gasteiger partial charge in [0, 0.05) is 18.7 Å². The number of hydrogen-bond donors (Lipinski definition) is 1. The Hall–Kier alpha value is -3.00. The summed E-state index contributed by atoms with van der Waals surface area (Å²) >= 11 is 1.34. The van der Waals surface area contributed by atoms with Crippen LogP contribution in [0.1, 0.15) is 12.5 Å². The molecule has 0 fully saturated rings. The Bertz CT molecular complexity index is 937. The second kappa shape index (κ2) is 9.27. The number of ether oxygens (including phenoxy) is 1. The van der Waals surface area contributed by atoms with Crippen molar-refractivity contribution in [2.24, 2.45) is 0 Å². The van der Waals surface area contributed by atoms with E-state index in [9.17, 15) is 4.79 Å². The highest BCUT2D eigenvalue weighted by atomic mass is 32.2. The lowest BCUT2D eigenvalue weighted by atomic mass is 10.2. The average Bonchev–Trinajstić information content (AvgIpc) is 3.37. The van der Waals surface area contributed by atoms with Crippen molar-refractivity contribution in [1.82, 2.24) is 20.1 Å². The second-order valence-corrected chi connectivity index (χ2v) is 7.28. The Morgan fingerprint density at radius 3 is 2.89 bits per heavy atom. The Morgan fingerprint density at radius 2 is 2.18 bits per heavy atom. The summed E-state index contributed by atoms with van der Waals surface area (Å²) in [6, 6.07) is 11.2. The van der Waals surface area contributed by atoms with Crippen molar-refractivity contribution in [2.75, 3.05) is 7.11 Å². The predicted octanol–water partition coefficient (Wildman–Crippen LogP) is 3.53. The summed E-state index contributed by atoms with van der Waals surface area (Å²) in [4.78, 5) is 12.6. The molecule has 0 aliphatic heterocycles. The normalized spacial score (nSPS) is 11.8. The largest absolute Gasteiger partial charge is 0.496 e. The summed E-state index contributed by atoms with van der Waals surface area (Å²) in [7, 11) is 1.61. The van der Waals surface area contributed by atoms with Gasteiger partial charge in [0.15, 0.2) is 10.9 Å². The van der Waals surface area contributed by atoms with E-state index in [0.717, 1.165) is 11.3 Å². The summed E-state index contributed by atoms with van der Waals surface area (Å²) in [6.45, 7) is 6.53. The monoisotopic (exact) mass is 398 g/mol. The van der Waals surface area contributed by atoms with Crippen molar-refractivity contribution < 1.29 is 13.9 Å². The zero-order valence-electron chi connectivity index (χ0n) is 15.8. The zero-order valence-corrected chi connectivity index (χ0v) is 16.6. The van der Waals surface area contributed by atoms with Crippen molar-refractivity contribution in [3.05, 3.63) is 60.9 Å². The number of nitrogens with one attached hydrogen (secondary N) is 1. The number of aromatic nitrogens is 3. The van der Waals surface area contributed by atoms with Crippen molar-refractivity contribution >= 4 is 17.7 Å². The van der Waals surface area contributed by atoms with Crippen molar-refractivity contribution in [2.45, 2.75) is 30.4 Å². The molecule has 7 nitrogen and oxygen atoms in total. The molecule has 1 atom stereocenters. The predicted molar refractivity (Wildman–Crippen MR) is 108 cm³/mol. The molecule has 3 aromatic rings. The lowest BCUT2D eigenvalue weighted by Crippen LogP contribution is -2.30. The van der Waals surface area contributed by atoms with Gasteiger partial charge in [-0.25, -0.2) is 0 Å². The summed E-state index contributed by atoms with van der Waals surface area (Å²) in [5, 5.41) is 11.7. The molecular formula is C20H22N4O3S. The van der Waals surface area contributed by atoms with Crippen LogP contribution >= 0.6 is 11.8 Å². The van der Waals surface area contributed by atoms with Gasteiger partial charge in [-0.1, -0.05) is 36.0 Å². The highest BCUT2D eigenvalue weighted by Gasteiger charge is 2.21. The van der Waals surface area contributed by atoms with Crippen LogP contribution in [0.3, 0.4) is 0 Å². The number of amides is 1. The summed E-state index contributed by atoms with van der Waals surface area (Å²) in [5.41, 5.74) is 0.922. The number of para-hydroxylation sites is 1. The molecule has 8 heteroatoms. The molecule has 1 amide bonds. The van der Waals surface area contributed by atoms with Crippen molar-refractivity contribution in [3.8, 4) is 17.3 Å². The van der Waals surface area contributed by atoms with Gasteiger partial charge in [-0.3, -0.25) is 9.36 Å². The van der Waals surface area contributed by atoms with E-state index in [0.29, 0.717) is 29.8 Å². The molecule has 0 aliphatic carbocycles. The number of carbonyl (C=O) groups is 1. The number of nitrogens with zero attached hydrogens (tertiary/aromatic N) is 3. The van der Waals surface area contributed by atoms with Gasteiger partial charge < -0.3 is 14.5 Å². The van der Waals surface area contributed by atoms with E-state index in [2.05, 4.69) is 22.1 Å². The Kier molecular flexibility index (Phi) is 6.54. The van der Waals surface area contributed by atoms with Gasteiger partial charge >= 0.3 is 0 Å². The van der Waals surface area contributed by atoms with Crippen LogP contribution in [0, 0.1) is 0 Å². The quantitative estimate of drug-likeness (QED) is 0.439. The number of benzene rings is 1. The number of furan rings is 1. The third-order valence-corrected chi connectivity index (χ3v) is 5.15. The van der Waals surface area contributed by atoms with Gasteiger partial charge in [0.25, 0.3) is 0 Å². The molecule has 0 radical (unpaired) electrons. The van der Waals surface area contributed by atoms with Gasteiger partial charge in [-0.15, -0.1) is 16.8 Å². The van der Waals surface area contributed by atoms with Crippen LogP contribution in [0.4, 0.5) is 0 Å². The SMILES string of the molecule is C=CCn1c(SC(C)C(=O)NCc2ccccc2OC)nnc1-c1ccco1. The number of carbonyl (C=O) groups excluding carboxylic acids is 1. The molecule has 0 saturated heterocycles. The number of methoxy groups -OCH3 is 1. The molecule has 1 unspecified atom stereocenters. The number of allylic oxidation sites excluding steroid dienone is 1. The second-order valence-electron chi connectivity index (χ2n) is 5.97. The summed E-state index contributed by atoms with van der Waals surface area (Å²) in [5.74, 6) is 1.88. The minimum Gasteiger partial charge on any atom is -0.496 e. The van der Waals surface area contributed by atoms with Gasteiger partial charge in [-0.05, 0) is 25.1 Å². The summed E-state index contributed by atoms with van der Waals surface area (Å²) in [6.07, 6.45) is 3.34. The lowest BCUT2D eigenvalue weighted by Gasteiger charge is -2.14. The fourth-order valence-corrected chi connectivity index (χ4v) is 3.53. The van der Waals surface area contributed by atoms with E-state index in [1.54, 1.807) is 25.5 Å². The molecule has 0 spiro atoms. The molecule has 1 N–H and O–H groups in total. The number of hydrogen-bond acceptors (Lipinski definition) is 6. The third-order valence-electron chi connectivity index (χ3n) is 4.07. The molecule has 1 aromatic carbocycles. The van der Waals surface area contributed by atoms with E-state index >= 15 is 0 Å². The van der Waals surface area contributed by atoms with Crippen LogP contribution in [0.5, 0.6) is 5.75 Å². The van der Waals surface area contributed by atoms with E-state index in [4.69, 9.17) is 9.15 Å². The lowest BCUT2D eigenvalue weighted by molar-refractivity contribution is -0.120. The van der Waals surface area contributed by atoms with Crippen LogP contribution in [0.2, 0.25) is 0 Å². The van der Waals surface area contributed by atoms with Crippen molar-refractivity contribution in [1.29, 1.82) is 0 Å². The highest BCUT2D eigenvalue weighted by molar-refractivity contribution is 8.00. The molecule has 0 bridgehead atoms. The smallest absolute Gasteiger partial charge is 0.233 e. The fraction of sp³-hybridized carbons (Fsp3) is 0.250. The maximum Gasteiger partial charge on any atom is 0.233 e. The fourth-order valence-electron chi connectivity index (χ4n) is 2.64. The van der Waals surface area contributed by atoms with Gasteiger partial charge in [0.05, 0.1) is 18.6 Å². The molecule has 0 aliphatic rings. The van der Waals surface area contributed by atoms with Crippen molar-refractivity contribution in [3.63, 3.8) is 0 Å². The molecule has 2 heterocycles. The minimum atomic E-state index is -0.355. The zero-order chi connectivity index (χ0) is 19.9. The summed E-state index contributed by atoms with van der Waals surface area (Å²) < 4.78 is 12.6. The van der Waals surface area contributed by atoms with Crippen LogP contribution in [0.25, 0.3) is 11.6 Å².